The van der Waals surface area contributed by atoms with Gasteiger partial charge in [0.05, 0.1) is 12.1 Å². The molecule has 0 aliphatic carbocycles. The van der Waals surface area contributed by atoms with Crippen LogP contribution in [0.4, 0.5) is 0 Å². The summed E-state index contributed by atoms with van der Waals surface area (Å²) in [6.07, 6.45) is 1.71. The van der Waals surface area contributed by atoms with Crippen molar-refractivity contribution in [3.63, 3.8) is 0 Å². The van der Waals surface area contributed by atoms with Gasteiger partial charge in [-0.15, -0.1) is 11.3 Å². The maximum absolute atomic E-state index is 11.3. The Balaban J connectivity index is 2.17. The van der Waals surface area contributed by atoms with Crippen LogP contribution in [0.25, 0.3) is 0 Å². The number of aromatic nitrogens is 1. The third kappa shape index (κ3) is 3.72. The lowest BCUT2D eigenvalue weighted by molar-refractivity contribution is 0.0699. The summed E-state index contributed by atoms with van der Waals surface area (Å²) in [5.41, 5.74) is 0.460. The third-order valence-electron chi connectivity index (χ3n) is 2.83. The summed E-state index contributed by atoms with van der Waals surface area (Å²) in [6, 6.07) is 7.24. The third-order valence-corrected chi connectivity index (χ3v) is 3.98. The van der Waals surface area contributed by atoms with Crippen LogP contribution in [-0.2, 0) is 13.0 Å². The van der Waals surface area contributed by atoms with E-state index in [4.69, 9.17) is 9.47 Å². The van der Waals surface area contributed by atoms with Gasteiger partial charge in [-0.1, -0.05) is 19.1 Å². The number of methoxy groups -OCH3 is 1. The molecule has 0 unspecified atom stereocenters. The number of nitrogens with zero attached hydrogens (tertiary/aromatic N) is 1. The highest BCUT2D eigenvalue weighted by Crippen LogP contribution is 2.28. The Kier molecular flexibility index (Phi) is 5.16. The first-order valence-electron chi connectivity index (χ1n) is 6.63. The van der Waals surface area contributed by atoms with E-state index in [1.54, 1.807) is 19.2 Å². The molecule has 0 aliphatic rings. The van der Waals surface area contributed by atoms with E-state index >= 15 is 0 Å². The van der Waals surface area contributed by atoms with Crippen LogP contribution < -0.4 is 9.47 Å². The number of rotatable bonds is 7. The molecule has 0 saturated heterocycles. The predicted octanol–water partition coefficient (Wildman–Crippen LogP) is 3.38. The van der Waals surface area contributed by atoms with Crippen LogP contribution in [0.5, 0.6) is 11.5 Å². The van der Waals surface area contributed by atoms with Crippen LogP contribution in [-0.4, -0.2) is 23.2 Å². The molecule has 1 N–H and O–H groups in total. The fourth-order valence-electron chi connectivity index (χ4n) is 1.87. The van der Waals surface area contributed by atoms with E-state index in [1.807, 2.05) is 19.1 Å². The van der Waals surface area contributed by atoms with Crippen molar-refractivity contribution in [1.29, 1.82) is 0 Å². The van der Waals surface area contributed by atoms with Crippen LogP contribution in [0.3, 0.4) is 0 Å². The molecule has 0 saturated carbocycles. The van der Waals surface area contributed by atoms with Gasteiger partial charge in [-0.05, 0) is 25.0 Å². The maximum Gasteiger partial charge on any atom is 0.347 e. The lowest BCUT2D eigenvalue weighted by Gasteiger charge is -2.09. The fraction of sp³-hybridized carbons (Fsp3) is 0.333. The number of carbonyl (C=O) groups is 1. The molecule has 1 heterocycles. The quantitative estimate of drug-likeness (QED) is 0.849. The zero-order valence-electron chi connectivity index (χ0n) is 12.0. The minimum atomic E-state index is -0.964. The van der Waals surface area contributed by atoms with Gasteiger partial charge in [0.1, 0.15) is 17.2 Å². The second-order valence-electron chi connectivity index (χ2n) is 4.38. The van der Waals surface area contributed by atoms with Gasteiger partial charge in [-0.2, -0.15) is 0 Å². The molecule has 0 spiro atoms. The smallest absolute Gasteiger partial charge is 0.347 e. The van der Waals surface area contributed by atoms with Crippen molar-refractivity contribution in [3.8, 4) is 11.5 Å². The van der Waals surface area contributed by atoms with Gasteiger partial charge in [0, 0.05) is 0 Å². The van der Waals surface area contributed by atoms with E-state index in [2.05, 4.69) is 4.98 Å². The number of aromatic carboxylic acids is 1. The molecular formula is C15H17NO4S. The molecule has 1 aromatic carbocycles. The Bertz CT molecular complexity index is 624. The Labute approximate surface area is 127 Å². The molecule has 0 radical (unpaired) electrons. The molecule has 0 aliphatic heterocycles. The summed E-state index contributed by atoms with van der Waals surface area (Å²) in [6.45, 7) is 2.15. The van der Waals surface area contributed by atoms with Crippen molar-refractivity contribution >= 4 is 17.3 Å². The summed E-state index contributed by atoms with van der Waals surface area (Å²) in [7, 11) is 1.56. The van der Waals surface area contributed by atoms with Crippen LogP contribution in [0, 0.1) is 0 Å². The first-order chi connectivity index (χ1) is 10.2. The highest BCUT2D eigenvalue weighted by Gasteiger charge is 2.18. The maximum atomic E-state index is 11.3. The molecule has 0 amide bonds. The van der Waals surface area contributed by atoms with Gasteiger partial charge < -0.3 is 14.6 Å². The van der Waals surface area contributed by atoms with Crippen molar-refractivity contribution in [2.45, 2.75) is 26.4 Å². The second-order valence-corrected chi connectivity index (χ2v) is 5.46. The predicted molar refractivity (Wildman–Crippen MR) is 80.4 cm³/mol. The number of aryl methyl sites for hydroxylation is 1. The second kappa shape index (κ2) is 7.08. The van der Waals surface area contributed by atoms with Crippen molar-refractivity contribution in [1.82, 2.24) is 4.98 Å². The molecule has 0 atom stereocenters. The number of thiazole rings is 1. The summed E-state index contributed by atoms with van der Waals surface area (Å²) in [5, 5.41) is 10.1. The number of carboxylic acids is 1. The Morgan fingerprint density at radius 2 is 2.05 bits per heavy atom. The normalized spacial score (nSPS) is 10.4. The Morgan fingerprint density at radius 1 is 1.33 bits per heavy atom. The first kappa shape index (κ1) is 15.3. The molecule has 21 heavy (non-hydrogen) atoms. The van der Waals surface area contributed by atoms with Crippen molar-refractivity contribution in [3.05, 3.63) is 39.8 Å². The molecule has 5 nitrogen and oxygen atoms in total. The topological polar surface area (TPSA) is 68.7 Å². The first-order valence-corrected chi connectivity index (χ1v) is 7.45. The molecule has 0 bridgehead atoms. The van der Waals surface area contributed by atoms with E-state index < -0.39 is 5.97 Å². The van der Waals surface area contributed by atoms with E-state index in [-0.39, 0.29) is 11.5 Å². The van der Waals surface area contributed by atoms with Crippen molar-refractivity contribution in [2.24, 2.45) is 0 Å². The van der Waals surface area contributed by atoms with Gasteiger partial charge in [-0.25, -0.2) is 9.78 Å². The van der Waals surface area contributed by atoms with Crippen LogP contribution in [0.1, 0.15) is 33.7 Å². The van der Waals surface area contributed by atoms with E-state index in [0.717, 1.165) is 17.8 Å². The highest BCUT2D eigenvalue weighted by molar-refractivity contribution is 7.13. The summed E-state index contributed by atoms with van der Waals surface area (Å²) in [5.74, 6) is 0.216. The van der Waals surface area contributed by atoms with Gasteiger partial charge in [0.25, 0.3) is 0 Å². The molecule has 6 heteroatoms. The number of para-hydroxylation sites is 2. The van der Waals surface area contributed by atoms with Gasteiger partial charge >= 0.3 is 5.97 Å². The van der Waals surface area contributed by atoms with Gasteiger partial charge in [-0.3, -0.25) is 0 Å². The van der Waals surface area contributed by atoms with Gasteiger partial charge in [0.15, 0.2) is 11.5 Å². The van der Waals surface area contributed by atoms with E-state index in [9.17, 15) is 9.90 Å². The summed E-state index contributed by atoms with van der Waals surface area (Å²) in [4.78, 5) is 15.9. The monoisotopic (exact) mass is 307 g/mol. The Morgan fingerprint density at radius 3 is 2.67 bits per heavy atom. The zero-order chi connectivity index (χ0) is 15.2. The number of hydrogen-bond donors (Lipinski definition) is 1. The molecule has 2 rings (SSSR count). The highest BCUT2D eigenvalue weighted by atomic mass is 32.1. The average Bonchev–Trinajstić information content (AvgIpc) is 2.89. The summed E-state index contributed by atoms with van der Waals surface area (Å²) < 4.78 is 10.8. The zero-order valence-corrected chi connectivity index (χ0v) is 12.8. The molecular weight excluding hydrogens is 290 g/mol. The largest absolute Gasteiger partial charge is 0.493 e. The molecule has 0 fully saturated rings. The van der Waals surface area contributed by atoms with E-state index in [1.165, 1.54) is 11.3 Å². The fourth-order valence-corrected chi connectivity index (χ4v) is 2.88. The van der Waals surface area contributed by atoms with Crippen LogP contribution >= 0.6 is 11.3 Å². The average molecular weight is 307 g/mol. The molecule has 1 aromatic heterocycles. The number of ether oxygens (including phenoxy) is 2. The SMILES string of the molecule is CCCc1nc(COc2ccccc2OC)c(C(=O)O)s1. The van der Waals surface area contributed by atoms with Crippen molar-refractivity contribution in [2.75, 3.05) is 7.11 Å². The van der Waals surface area contributed by atoms with Crippen LogP contribution in [0.15, 0.2) is 24.3 Å². The number of carboxylic acid groups (broad SMARTS) is 1. The lowest BCUT2D eigenvalue weighted by atomic mass is 10.3. The number of hydrogen-bond acceptors (Lipinski definition) is 5. The number of benzene rings is 1. The minimum Gasteiger partial charge on any atom is -0.493 e. The standard InChI is InChI=1S/C15H17NO4S/c1-3-6-13-16-10(14(21-13)15(17)18)9-20-12-8-5-4-7-11(12)19-2/h4-5,7-8H,3,6,9H2,1-2H3,(H,17,18). The minimum absolute atomic E-state index is 0.113. The van der Waals surface area contributed by atoms with Crippen molar-refractivity contribution < 1.29 is 19.4 Å². The lowest BCUT2D eigenvalue weighted by Crippen LogP contribution is -2.04. The Hall–Kier alpha value is -2.08. The molecule has 112 valence electrons. The van der Waals surface area contributed by atoms with Crippen LogP contribution in [0.2, 0.25) is 0 Å². The summed E-state index contributed by atoms with van der Waals surface area (Å²) >= 11 is 1.22. The molecule has 2 aromatic rings. The van der Waals surface area contributed by atoms with Gasteiger partial charge in [0.2, 0.25) is 0 Å². The van der Waals surface area contributed by atoms with E-state index in [0.29, 0.717) is 17.2 Å².